The number of nitrogens with one attached hydrogen (secondary N) is 1. The molecule has 1 N–H and O–H groups in total. The van der Waals surface area contributed by atoms with Crippen molar-refractivity contribution in [2.75, 3.05) is 33.3 Å². The Bertz CT molecular complexity index is 325. The van der Waals surface area contributed by atoms with Crippen LogP contribution in [0.3, 0.4) is 0 Å². The highest BCUT2D eigenvalue weighted by atomic mass is 16.5. The van der Waals surface area contributed by atoms with Crippen molar-refractivity contribution in [2.24, 2.45) is 0 Å². The number of nitrogens with zero attached hydrogens (tertiary/aromatic N) is 1. The lowest BCUT2D eigenvalue weighted by atomic mass is 9.95. The topological polar surface area (TPSA) is 50.8 Å². The van der Waals surface area contributed by atoms with Gasteiger partial charge in [0.2, 0.25) is 0 Å². The normalized spacial score (nSPS) is 29.1. The van der Waals surface area contributed by atoms with Gasteiger partial charge in [-0.15, -0.1) is 0 Å². The van der Waals surface area contributed by atoms with E-state index in [0.29, 0.717) is 12.2 Å². The van der Waals surface area contributed by atoms with Crippen molar-refractivity contribution in [1.82, 2.24) is 10.2 Å². The molecule has 0 aliphatic carbocycles. The van der Waals surface area contributed by atoms with E-state index in [1.54, 1.807) is 0 Å². The van der Waals surface area contributed by atoms with Crippen molar-refractivity contribution in [3.05, 3.63) is 0 Å². The van der Waals surface area contributed by atoms with Crippen molar-refractivity contribution >= 4 is 5.97 Å². The van der Waals surface area contributed by atoms with Gasteiger partial charge in [-0.25, -0.2) is 0 Å². The average Bonchev–Trinajstić information content (AvgIpc) is 2.77. The summed E-state index contributed by atoms with van der Waals surface area (Å²) in [7, 11) is 1.46. The molecule has 116 valence electrons. The highest BCUT2D eigenvalue weighted by Crippen LogP contribution is 2.26. The second-order valence-electron chi connectivity index (χ2n) is 6.17. The van der Waals surface area contributed by atoms with Crippen molar-refractivity contribution in [1.29, 1.82) is 0 Å². The second-order valence-corrected chi connectivity index (χ2v) is 6.17. The predicted molar refractivity (Wildman–Crippen MR) is 77.7 cm³/mol. The highest BCUT2D eigenvalue weighted by molar-refractivity contribution is 5.80. The molecular formula is C15H28N2O3. The third-order valence-electron chi connectivity index (χ3n) is 4.47. The summed E-state index contributed by atoms with van der Waals surface area (Å²) in [5, 5.41) is 3.26. The molecule has 2 fully saturated rings. The summed E-state index contributed by atoms with van der Waals surface area (Å²) in [4.78, 5) is 14.4. The van der Waals surface area contributed by atoms with Gasteiger partial charge in [0.1, 0.15) is 5.54 Å². The fraction of sp³-hybridized carbons (Fsp3) is 0.933. The van der Waals surface area contributed by atoms with Gasteiger partial charge in [0.05, 0.1) is 19.3 Å². The molecule has 0 aromatic carbocycles. The summed E-state index contributed by atoms with van der Waals surface area (Å²) in [6, 6.07) is 0. The van der Waals surface area contributed by atoms with Crippen LogP contribution in [-0.2, 0) is 14.3 Å². The molecule has 0 aromatic rings. The molecular weight excluding hydrogens is 256 g/mol. The summed E-state index contributed by atoms with van der Waals surface area (Å²) < 4.78 is 10.8. The van der Waals surface area contributed by atoms with Crippen LogP contribution in [0.25, 0.3) is 0 Å². The van der Waals surface area contributed by atoms with Gasteiger partial charge in [-0.3, -0.25) is 9.69 Å². The zero-order valence-corrected chi connectivity index (χ0v) is 13.0. The minimum absolute atomic E-state index is 0.165. The number of morpholine rings is 1. The molecule has 5 heteroatoms. The fourth-order valence-corrected chi connectivity index (χ4v) is 3.42. The number of hydrogen-bond acceptors (Lipinski definition) is 5. The number of hydrogen-bond donors (Lipinski definition) is 1. The molecule has 2 saturated heterocycles. The SMILES string of the molecule is CCNC(C)(CCCN1CC2CCC(C1)O2)C(=O)OC. The van der Waals surface area contributed by atoms with Gasteiger partial charge >= 0.3 is 5.97 Å². The number of likely N-dealkylation sites (N-methyl/N-ethyl adjacent to an activating group) is 1. The minimum atomic E-state index is -0.561. The average molecular weight is 284 g/mol. The van der Waals surface area contributed by atoms with Gasteiger partial charge in [-0.1, -0.05) is 6.92 Å². The summed E-state index contributed by atoms with van der Waals surface area (Å²) in [6.07, 6.45) is 5.10. The van der Waals surface area contributed by atoms with Crippen LogP contribution in [0.5, 0.6) is 0 Å². The van der Waals surface area contributed by atoms with Crippen LogP contribution in [0, 0.1) is 0 Å². The Morgan fingerprint density at radius 1 is 1.40 bits per heavy atom. The maximum absolute atomic E-state index is 11.9. The molecule has 2 bridgehead atoms. The van der Waals surface area contributed by atoms with E-state index in [4.69, 9.17) is 9.47 Å². The number of likely N-dealkylation sites (tertiary alicyclic amines) is 1. The molecule has 3 atom stereocenters. The van der Waals surface area contributed by atoms with Crippen LogP contribution in [0.15, 0.2) is 0 Å². The lowest BCUT2D eigenvalue weighted by Crippen LogP contribution is -2.50. The van der Waals surface area contributed by atoms with Crippen LogP contribution in [0.4, 0.5) is 0 Å². The van der Waals surface area contributed by atoms with E-state index in [2.05, 4.69) is 10.2 Å². The van der Waals surface area contributed by atoms with E-state index in [-0.39, 0.29) is 5.97 Å². The summed E-state index contributed by atoms with van der Waals surface area (Å²) in [5.74, 6) is -0.165. The third kappa shape index (κ3) is 3.71. The van der Waals surface area contributed by atoms with Crippen LogP contribution < -0.4 is 5.32 Å². The molecule has 0 aromatic heterocycles. The number of ether oxygens (including phenoxy) is 2. The Balaban J connectivity index is 1.77. The van der Waals surface area contributed by atoms with E-state index >= 15 is 0 Å². The first-order valence-corrected chi connectivity index (χ1v) is 7.78. The van der Waals surface area contributed by atoms with Crippen LogP contribution >= 0.6 is 0 Å². The highest BCUT2D eigenvalue weighted by Gasteiger charge is 2.35. The molecule has 20 heavy (non-hydrogen) atoms. The number of esters is 1. The van der Waals surface area contributed by atoms with E-state index in [9.17, 15) is 4.79 Å². The van der Waals surface area contributed by atoms with Gasteiger partial charge < -0.3 is 14.8 Å². The minimum Gasteiger partial charge on any atom is -0.468 e. The van der Waals surface area contributed by atoms with E-state index in [1.807, 2.05) is 13.8 Å². The van der Waals surface area contributed by atoms with Gasteiger partial charge in [0, 0.05) is 13.1 Å². The van der Waals surface area contributed by atoms with Gasteiger partial charge in [0.15, 0.2) is 0 Å². The summed E-state index contributed by atoms with van der Waals surface area (Å²) >= 11 is 0. The van der Waals surface area contributed by atoms with Crippen molar-refractivity contribution in [2.45, 2.75) is 57.3 Å². The lowest BCUT2D eigenvalue weighted by Gasteiger charge is -2.33. The maximum Gasteiger partial charge on any atom is 0.325 e. The Morgan fingerprint density at radius 3 is 2.60 bits per heavy atom. The second kappa shape index (κ2) is 6.87. The number of methoxy groups -OCH3 is 1. The molecule has 2 rings (SSSR count). The Morgan fingerprint density at radius 2 is 2.05 bits per heavy atom. The molecule has 2 heterocycles. The standard InChI is InChI=1S/C15H28N2O3/c1-4-16-15(2,14(18)19-3)8-5-9-17-10-12-6-7-13(11-17)20-12/h12-13,16H,4-11H2,1-3H3. The first-order valence-electron chi connectivity index (χ1n) is 7.78. The van der Waals surface area contributed by atoms with Crippen molar-refractivity contribution < 1.29 is 14.3 Å². The van der Waals surface area contributed by atoms with Gasteiger partial charge in [0.25, 0.3) is 0 Å². The quantitative estimate of drug-likeness (QED) is 0.711. The molecule has 3 unspecified atom stereocenters. The van der Waals surface area contributed by atoms with Crippen LogP contribution in [0.2, 0.25) is 0 Å². The van der Waals surface area contributed by atoms with Crippen LogP contribution in [-0.4, -0.2) is 61.9 Å². The smallest absolute Gasteiger partial charge is 0.325 e. The Labute approximate surface area is 122 Å². The molecule has 0 spiro atoms. The van der Waals surface area contributed by atoms with Crippen molar-refractivity contribution in [3.8, 4) is 0 Å². The van der Waals surface area contributed by atoms with Crippen molar-refractivity contribution in [3.63, 3.8) is 0 Å². The molecule has 0 radical (unpaired) electrons. The van der Waals surface area contributed by atoms with Gasteiger partial charge in [-0.2, -0.15) is 0 Å². The van der Waals surface area contributed by atoms with E-state index in [0.717, 1.165) is 39.0 Å². The number of fused-ring (bicyclic) bond motifs is 2. The van der Waals surface area contributed by atoms with Gasteiger partial charge in [-0.05, 0) is 45.7 Å². The molecule has 0 amide bonds. The number of carbonyl (C=O) groups excluding carboxylic acids is 1. The van der Waals surface area contributed by atoms with E-state index < -0.39 is 5.54 Å². The first-order chi connectivity index (χ1) is 9.57. The zero-order chi connectivity index (χ0) is 14.6. The molecule has 5 nitrogen and oxygen atoms in total. The monoisotopic (exact) mass is 284 g/mol. The van der Waals surface area contributed by atoms with E-state index in [1.165, 1.54) is 20.0 Å². The van der Waals surface area contributed by atoms with Crippen LogP contribution in [0.1, 0.15) is 39.5 Å². The predicted octanol–water partition coefficient (Wildman–Crippen LogP) is 1.17. The Kier molecular flexibility index (Phi) is 5.41. The first kappa shape index (κ1) is 15.7. The Hall–Kier alpha value is -0.650. The molecule has 2 aliphatic rings. The third-order valence-corrected chi connectivity index (χ3v) is 4.47. The fourth-order valence-electron chi connectivity index (χ4n) is 3.42. The molecule has 2 aliphatic heterocycles. The number of carbonyl (C=O) groups is 1. The summed E-state index contributed by atoms with van der Waals surface area (Å²) in [6.45, 7) is 7.85. The zero-order valence-electron chi connectivity index (χ0n) is 13.0. The molecule has 0 saturated carbocycles. The lowest BCUT2D eigenvalue weighted by molar-refractivity contribution is -0.148. The summed E-state index contributed by atoms with van der Waals surface area (Å²) in [5.41, 5.74) is -0.561. The largest absolute Gasteiger partial charge is 0.468 e. The number of rotatable bonds is 7. The maximum atomic E-state index is 11.9.